The van der Waals surface area contributed by atoms with Crippen molar-refractivity contribution >= 4 is 11.6 Å². The van der Waals surface area contributed by atoms with Crippen molar-refractivity contribution in [3.05, 3.63) is 125 Å². The highest BCUT2D eigenvalue weighted by atomic mass is 19.1. The van der Waals surface area contributed by atoms with Crippen LogP contribution in [-0.2, 0) is 13.3 Å². The number of carbonyl (C=O) groups is 1. The average molecular weight is 513 g/mol. The molecule has 0 saturated heterocycles. The molecule has 0 aliphatic carbocycles. The van der Waals surface area contributed by atoms with Crippen LogP contribution in [0.15, 0.2) is 97.3 Å². The molecule has 0 fully saturated rings. The van der Waals surface area contributed by atoms with Gasteiger partial charge < -0.3 is 10.1 Å². The van der Waals surface area contributed by atoms with Gasteiger partial charge in [-0.2, -0.15) is 10.2 Å². The number of benzene rings is 3. The molecule has 0 aliphatic rings. The highest BCUT2D eigenvalue weighted by Crippen LogP contribution is 2.28. The molecule has 0 bridgehead atoms. The molecule has 190 valence electrons. The number of rotatable bonds is 9. The molecule has 0 atom stereocenters. The summed E-state index contributed by atoms with van der Waals surface area (Å²) in [5, 5.41) is 22.9. The standard InChI is InChI=1S/C27H21FN6O4/c28-21-11-12-24(34(36)37)25(15-21)38-18-32-14-13-23(30-32)27(35)29-16-20-17-33(22-9-5-2-6-10-22)31-26(20)19-7-3-1-4-8-19/h1-15,17H,16,18H2,(H,29,35). The number of carbonyl (C=O) groups excluding carboxylic acids is 1. The molecular formula is C27H21FN6O4. The first-order valence-electron chi connectivity index (χ1n) is 11.6. The van der Waals surface area contributed by atoms with E-state index in [0.29, 0.717) is 0 Å². The highest BCUT2D eigenvalue weighted by molar-refractivity contribution is 5.92. The maximum atomic E-state index is 13.5. The van der Waals surface area contributed by atoms with Gasteiger partial charge in [-0.25, -0.2) is 13.8 Å². The molecule has 0 unspecified atom stereocenters. The lowest BCUT2D eigenvalue weighted by Gasteiger charge is -2.07. The Morgan fingerprint density at radius 3 is 2.47 bits per heavy atom. The molecule has 0 radical (unpaired) electrons. The van der Waals surface area contributed by atoms with E-state index in [1.165, 1.54) is 16.9 Å². The fraction of sp³-hybridized carbons (Fsp3) is 0.0741. The molecule has 0 spiro atoms. The van der Waals surface area contributed by atoms with Crippen molar-refractivity contribution in [3.8, 4) is 22.7 Å². The molecule has 1 N–H and O–H groups in total. The van der Waals surface area contributed by atoms with E-state index >= 15 is 0 Å². The van der Waals surface area contributed by atoms with Crippen molar-refractivity contribution < 1.29 is 18.8 Å². The summed E-state index contributed by atoms with van der Waals surface area (Å²) in [4.78, 5) is 23.3. The van der Waals surface area contributed by atoms with E-state index in [1.807, 2.05) is 66.9 Å². The normalized spacial score (nSPS) is 10.8. The first kappa shape index (κ1) is 24.4. The lowest BCUT2D eigenvalue weighted by Crippen LogP contribution is -2.23. The molecule has 2 heterocycles. The maximum absolute atomic E-state index is 13.5. The van der Waals surface area contributed by atoms with Crippen molar-refractivity contribution in [1.82, 2.24) is 24.9 Å². The number of hydrogen-bond acceptors (Lipinski definition) is 6. The number of hydrogen-bond donors (Lipinski definition) is 1. The average Bonchev–Trinajstić information content (AvgIpc) is 3.59. The minimum atomic E-state index is -0.670. The minimum absolute atomic E-state index is 0.124. The van der Waals surface area contributed by atoms with E-state index in [9.17, 15) is 19.3 Å². The van der Waals surface area contributed by atoms with Crippen LogP contribution in [0.2, 0.25) is 0 Å². The molecule has 10 nitrogen and oxygen atoms in total. The third-order valence-corrected chi connectivity index (χ3v) is 5.64. The Morgan fingerprint density at radius 1 is 1.00 bits per heavy atom. The van der Waals surface area contributed by atoms with Crippen LogP contribution in [0.1, 0.15) is 16.1 Å². The van der Waals surface area contributed by atoms with Gasteiger partial charge in [-0.1, -0.05) is 48.5 Å². The molecule has 2 aromatic heterocycles. The van der Waals surface area contributed by atoms with Crippen LogP contribution in [0.5, 0.6) is 5.75 Å². The van der Waals surface area contributed by atoms with Gasteiger partial charge in [-0.15, -0.1) is 0 Å². The van der Waals surface area contributed by atoms with Gasteiger partial charge in [-0.3, -0.25) is 14.9 Å². The number of amides is 1. The summed E-state index contributed by atoms with van der Waals surface area (Å²) in [7, 11) is 0. The second-order valence-corrected chi connectivity index (χ2v) is 8.21. The van der Waals surface area contributed by atoms with Gasteiger partial charge in [0.15, 0.2) is 6.73 Å². The zero-order chi connectivity index (χ0) is 26.5. The van der Waals surface area contributed by atoms with Crippen LogP contribution in [0.4, 0.5) is 10.1 Å². The summed E-state index contributed by atoms with van der Waals surface area (Å²) < 4.78 is 21.9. The molecular weight excluding hydrogens is 491 g/mol. The van der Waals surface area contributed by atoms with E-state index in [1.54, 1.807) is 4.68 Å². The Morgan fingerprint density at radius 2 is 1.74 bits per heavy atom. The molecule has 5 rings (SSSR count). The van der Waals surface area contributed by atoms with Crippen LogP contribution >= 0.6 is 0 Å². The van der Waals surface area contributed by atoms with E-state index in [4.69, 9.17) is 9.84 Å². The van der Waals surface area contributed by atoms with E-state index in [2.05, 4.69) is 10.4 Å². The fourth-order valence-electron chi connectivity index (χ4n) is 3.80. The Bertz CT molecular complexity index is 1580. The maximum Gasteiger partial charge on any atom is 0.311 e. The van der Waals surface area contributed by atoms with Gasteiger partial charge in [0.05, 0.1) is 16.3 Å². The number of nitro groups is 1. The van der Waals surface area contributed by atoms with Crippen LogP contribution in [0, 0.1) is 15.9 Å². The number of nitrogens with one attached hydrogen (secondary N) is 1. The summed E-state index contributed by atoms with van der Waals surface area (Å²) in [6.07, 6.45) is 3.36. The first-order chi connectivity index (χ1) is 18.5. The van der Waals surface area contributed by atoms with E-state index < -0.39 is 16.6 Å². The number of ether oxygens (including phenoxy) is 1. The minimum Gasteiger partial charge on any atom is -0.464 e. The molecule has 38 heavy (non-hydrogen) atoms. The highest BCUT2D eigenvalue weighted by Gasteiger charge is 2.18. The summed E-state index contributed by atoms with van der Waals surface area (Å²) in [5.41, 5.74) is 3.11. The third-order valence-electron chi connectivity index (χ3n) is 5.64. The largest absolute Gasteiger partial charge is 0.464 e. The Balaban J connectivity index is 1.28. The van der Waals surface area contributed by atoms with Gasteiger partial charge in [0, 0.05) is 42.2 Å². The van der Waals surface area contributed by atoms with Crippen molar-refractivity contribution in [1.29, 1.82) is 0 Å². The lowest BCUT2D eigenvalue weighted by atomic mass is 10.1. The molecule has 0 saturated carbocycles. The molecule has 11 heteroatoms. The van der Waals surface area contributed by atoms with Crippen molar-refractivity contribution in [2.75, 3.05) is 0 Å². The predicted octanol–water partition coefficient (Wildman–Crippen LogP) is 4.75. The summed E-state index contributed by atoms with van der Waals surface area (Å²) in [5.74, 6) is -1.33. The SMILES string of the molecule is O=C(NCc1cn(-c2ccccc2)nc1-c1ccccc1)c1ccn(COc2cc(F)ccc2[N+](=O)[O-])n1. The van der Waals surface area contributed by atoms with Crippen LogP contribution in [-0.4, -0.2) is 30.4 Å². The quantitative estimate of drug-likeness (QED) is 0.225. The number of aromatic nitrogens is 4. The zero-order valence-electron chi connectivity index (χ0n) is 19.9. The predicted molar refractivity (Wildman–Crippen MR) is 136 cm³/mol. The molecule has 0 aliphatic heterocycles. The molecule has 3 aromatic carbocycles. The van der Waals surface area contributed by atoms with Crippen LogP contribution in [0.3, 0.4) is 0 Å². The summed E-state index contributed by atoms with van der Waals surface area (Å²) in [6, 6.07) is 23.8. The van der Waals surface area contributed by atoms with Gasteiger partial charge in [0.1, 0.15) is 11.5 Å². The first-order valence-corrected chi connectivity index (χ1v) is 11.6. The van der Waals surface area contributed by atoms with Gasteiger partial charge in [-0.05, 0) is 24.3 Å². The second kappa shape index (κ2) is 10.7. The van der Waals surface area contributed by atoms with Crippen molar-refractivity contribution in [3.63, 3.8) is 0 Å². The van der Waals surface area contributed by atoms with Gasteiger partial charge >= 0.3 is 5.69 Å². The Kier molecular flexibility index (Phi) is 6.89. The third kappa shape index (κ3) is 5.41. The van der Waals surface area contributed by atoms with Crippen molar-refractivity contribution in [2.24, 2.45) is 0 Å². The summed E-state index contributed by atoms with van der Waals surface area (Å²) in [6.45, 7) is -0.0473. The lowest BCUT2D eigenvalue weighted by molar-refractivity contribution is -0.386. The zero-order valence-corrected chi connectivity index (χ0v) is 19.9. The van der Waals surface area contributed by atoms with E-state index in [-0.39, 0.29) is 30.4 Å². The van der Waals surface area contributed by atoms with Crippen LogP contribution < -0.4 is 10.1 Å². The monoisotopic (exact) mass is 512 g/mol. The fourth-order valence-corrected chi connectivity index (χ4v) is 3.80. The Hall–Kier alpha value is -5.32. The smallest absolute Gasteiger partial charge is 0.311 e. The molecule has 1 amide bonds. The number of nitro benzene ring substituents is 1. The van der Waals surface area contributed by atoms with E-state index in [0.717, 1.165) is 40.7 Å². The number of halogens is 1. The topological polar surface area (TPSA) is 117 Å². The second-order valence-electron chi connectivity index (χ2n) is 8.21. The van der Waals surface area contributed by atoms with Crippen LogP contribution in [0.25, 0.3) is 16.9 Å². The molecule has 5 aromatic rings. The Labute approximate surface area is 216 Å². The summed E-state index contributed by atoms with van der Waals surface area (Å²) >= 11 is 0. The van der Waals surface area contributed by atoms with Crippen molar-refractivity contribution in [2.45, 2.75) is 13.3 Å². The number of nitrogens with zero attached hydrogens (tertiary/aromatic N) is 5. The van der Waals surface area contributed by atoms with Gasteiger partial charge in [0.25, 0.3) is 5.91 Å². The van der Waals surface area contributed by atoms with Gasteiger partial charge in [0.2, 0.25) is 5.75 Å². The number of para-hydroxylation sites is 1.